The molecule has 110 valence electrons. The third-order valence-electron chi connectivity index (χ3n) is 2.94. The molecule has 0 aliphatic heterocycles. The molecule has 0 fully saturated rings. The van der Waals surface area contributed by atoms with Crippen molar-refractivity contribution in [2.75, 3.05) is 13.4 Å². The molecule has 1 rings (SSSR count). The van der Waals surface area contributed by atoms with Crippen LogP contribution in [0.25, 0.3) is 0 Å². The van der Waals surface area contributed by atoms with Crippen LogP contribution in [0, 0.1) is 5.92 Å². The highest BCUT2D eigenvalue weighted by Gasteiger charge is 2.25. The van der Waals surface area contributed by atoms with E-state index >= 15 is 0 Å². The standard InChI is InChI=1S/C15H21NO3S/c1-10(2)13(15(18)19-3)16-14(17)12-7-5-11(6-8-12)9-20-4/h5-8,10,13H,9H2,1-4H3,(H,16,17). The average molecular weight is 295 g/mol. The number of hydrogen-bond donors (Lipinski definition) is 1. The first kappa shape index (κ1) is 16.6. The van der Waals surface area contributed by atoms with E-state index in [9.17, 15) is 9.59 Å². The van der Waals surface area contributed by atoms with E-state index in [4.69, 9.17) is 4.74 Å². The van der Waals surface area contributed by atoms with E-state index < -0.39 is 12.0 Å². The summed E-state index contributed by atoms with van der Waals surface area (Å²) >= 11 is 1.73. The van der Waals surface area contributed by atoms with E-state index in [1.165, 1.54) is 12.7 Å². The molecule has 0 aliphatic carbocycles. The zero-order valence-corrected chi connectivity index (χ0v) is 13.1. The Balaban J connectivity index is 2.76. The minimum Gasteiger partial charge on any atom is -0.467 e. The predicted molar refractivity (Wildman–Crippen MR) is 81.8 cm³/mol. The number of carbonyl (C=O) groups excluding carboxylic acids is 2. The topological polar surface area (TPSA) is 55.4 Å². The van der Waals surface area contributed by atoms with E-state index in [1.807, 2.05) is 32.2 Å². The van der Waals surface area contributed by atoms with Gasteiger partial charge in [0.05, 0.1) is 7.11 Å². The van der Waals surface area contributed by atoms with Crippen molar-refractivity contribution in [1.29, 1.82) is 0 Å². The zero-order valence-electron chi connectivity index (χ0n) is 12.3. The molecule has 0 spiro atoms. The van der Waals surface area contributed by atoms with Gasteiger partial charge in [-0.1, -0.05) is 26.0 Å². The fourth-order valence-electron chi connectivity index (χ4n) is 1.77. The minimum atomic E-state index is -0.627. The number of hydrogen-bond acceptors (Lipinski definition) is 4. The van der Waals surface area contributed by atoms with Crippen molar-refractivity contribution < 1.29 is 14.3 Å². The zero-order chi connectivity index (χ0) is 15.1. The van der Waals surface area contributed by atoms with E-state index in [1.54, 1.807) is 23.9 Å². The van der Waals surface area contributed by atoms with Crippen LogP contribution in [-0.4, -0.2) is 31.3 Å². The van der Waals surface area contributed by atoms with E-state index in [0.717, 1.165) is 5.75 Å². The molecule has 1 aromatic carbocycles. The van der Waals surface area contributed by atoms with Crippen LogP contribution in [0.2, 0.25) is 0 Å². The Kier molecular flexibility index (Phi) is 6.58. The molecule has 0 saturated carbocycles. The molecule has 1 amide bonds. The van der Waals surface area contributed by atoms with Gasteiger partial charge in [-0.25, -0.2) is 4.79 Å². The molecule has 0 bridgehead atoms. The van der Waals surface area contributed by atoms with Gasteiger partial charge in [-0.15, -0.1) is 0 Å². The first-order chi connectivity index (χ1) is 9.49. The predicted octanol–water partition coefficient (Wildman–Crippen LogP) is 2.48. The lowest BCUT2D eigenvalue weighted by Crippen LogP contribution is -2.45. The summed E-state index contributed by atoms with van der Waals surface area (Å²) in [5.74, 6) is 0.206. The highest BCUT2D eigenvalue weighted by Crippen LogP contribution is 2.11. The van der Waals surface area contributed by atoms with E-state index in [-0.39, 0.29) is 11.8 Å². The lowest BCUT2D eigenvalue weighted by atomic mass is 10.0. The van der Waals surface area contributed by atoms with Crippen molar-refractivity contribution in [2.24, 2.45) is 5.92 Å². The van der Waals surface area contributed by atoms with Crippen molar-refractivity contribution in [3.05, 3.63) is 35.4 Å². The van der Waals surface area contributed by atoms with Gasteiger partial charge in [0.1, 0.15) is 6.04 Å². The first-order valence-corrected chi connectivity index (χ1v) is 7.85. The van der Waals surface area contributed by atoms with Crippen LogP contribution in [0.1, 0.15) is 29.8 Å². The normalized spacial score (nSPS) is 12.1. The number of methoxy groups -OCH3 is 1. The summed E-state index contributed by atoms with van der Waals surface area (Å²) in [4.78, 5) is 23.7. The molecule has 1 N–H and O–H groups in total. The van der Waals surface area contributed by atoms with Gasteiger partial charge in [0.25, 0.3) is 5.91 Å². The summed E-state index contributed by atoms with van der Waals surface area (Å²) in [6.07, 6.45) is 2.03. The van der Waals surface area contributed by atoms with Gasteiger partial charge < -0.3 is 10.1 Å². The largest absolute Gasteiger partial charge is 0.467 e. The molecule has 1 aromatic rings. The molecule has 1 atom stereocenters. The molecule has 4 nitrogen and oxygen atoms in total. The molecule has 0 aromatic heterocycles. The fraction of sp³-hybridized carbons (Fsp3) is 0.467. The summed E-state index contributed by atoms with van der Waals surface area (Å²) < 4.78 is 4.71. The summed E-state index contributed by atoms with van der Waals surface area (Å²) in [7, 11) is 1.32. The highest BCUT2D eigenvalue weighted by molar-refractivity contribution is 7.97. The van der Waals surface area contributed by atoms with Crippen molar-refractivity contribution in [3.8, 4) is 0 Å². The Labute approximate surface area is 124 Å². The maximum Gasteiger partial charge on any atom is 0.328 e. The molecule has 0 aliphatic rings. The molecular weight excluding hydrogens is 274 g/mol. The second-order valence-electron chi connectivity index (χ2n) is 4.85. The smallest absolute Gasteiger partial charge is 0.328 e. The summed E-state index contributed by atoms with van der Waals surface area (Å²) in [6, 6.07) is 6.77. The fourth-order valence-corrected chi connectivity index (χ4v) is 2.29. The van der Waals surface area contributed by atoms with E-state index in [0.29, 0.717) is 5.56 Å². The van der Waals surface area contributed by atoms with Gasteiger partial charge in [0.15, 0.2) is 0 Å². The van der Waals surface area contributed by atoms with E-state index in [2.05, 4.69) is 5.32 Å². The van der Waals surface area contributed by atoms with Crippen molar-refractivity contribution in [2.45, 2.75) is 25.6 Å². The van der Waals surface area contributed by atoms with Crippen LogP contribution in [0.3, 0.4) is 0 Å². The van der Waals surface area contributed by atoms with Gasteiger partial charge in [-0.3, -0.25) is 4.79 Å². The number of esters is 1. The number of rotatable bonds is 6. The van der Waals surface area contributed by atoms with Crippen LogP contribution in [0.4, 0.5) is 0 Å². The maximum absolute atomic E-state index is 12.1. The number of carbonyl (C=O) groups is 2. The summed E-state index contributed by atoms with van der Waals surface area (Å²) in [6.45, 7) is 3.73. The SMILES string of the molecule is COC(=O)C(NC(=O)c1ccc(CSC)cc1)C(C)C. The molecule has 0 heterocycles. The maximum atomic E-state index is 12.1. The number of thioether (sulfide) groups is 1. The second kappa shape index (κ2) is 7.94. The molecule has 1 unspecified atom stereocenters. The number of amides is 1. The van der Waals surface area contributed by atoms with Gasteiger partial charge in [0.2, 0.25) is 0 Å². The monoisotopic (exact) mass is 295 g/mol. The van der Waals surface area contributed by atoms with Crippen LogP contribution in [-0.2, 0) is 15.3 Å². The summed E-state index contributed by atoms with van der Waals surface area (Å²) in [5.41, 5.74) is 1.71. The first-order valence-electron chi connectivity index (χ1n) is 6.46. The third-order valence-corrected chi connectivity index (χ3v) is 3.56. The molecule has 20 heavy (non-hydrogen) atoms. The average Bonchev–Trinajstić information content (AvgIpc) is 2.44. The molecule has 0 saturated heterocycles. The lowest BCUT2D eigenvalue weighted by Gasteiger charge is -2.19. The van der Waals surface area contributed by atoms with Gasteiger partial charge >= 0.3 is 5.97 Å². The summed E-state index contributed by atoms with van der Waals surface area (Å²) in [5, 5.41) is 2.72. The Morgan fingerprint density at radius 1 is 1.25 bits per heavy atom. The van der Waals surface area contributed by atoms with Crippen molar-refractivity contribution in [3.63, 3.8) is 0 Å². The van der Waals surface area contributed by atoms with Gasteiger partial charge in [-0.2, -0.15) is 11.8 Å². The van der Waals surface area contributed by atoms with Crippen LogP contribution >= 0.6 is 11.8 Å². The quantitative estimate of drug-likeness (QED) is 0.819. The molecule has 0 radical (unpaired) electrons. The molecular formula is C15H21NO3S. The van der Waals surface area contributed by atoms with Crippen molar-refractivity contribution >= 4 is 23.6 Å². The Hall–Kier alpha value is -1.49. The molecule has 5 heteroatoms. The minimum absolute atomic E-state index is 0.0258. The number of benzene rings is 1. The number of nitrogens with one attached hydrogen (secondary N) is 1. The van der Waals surface area contributed by atoms with Crippen LogP contribution in [0.15, 0.2) is 24.3 Å². The van der Waals surface area contributed by atoms with Crippen LogP contribution < -0.4 is 5.32 Å². The Morgan fingerprint density at radius 3 is 2.30 bits per heavy atom. The van der Waals surface area contributed by atoms with Crippen LogP contribution in [0.5, 0.6) is 0 Å². The Morgan fingerprint density at radius 2 is 1.85 bits per heavy atom. The van der Waals surface area contributed by atoms with Crippen molar-refractivity contribution in [1.82, 2.24) is 5.32 Å². The second-order valence-corrected chi connectivity index (χ2v) is 5.71. The Bertz CT molecular complexity index is 457. The highest BCUT2D eigenvalue weighted by atomic mass is 32.2. The lowest BCUT2D eigenvalue weighted by molar-refractivity contribution is -0.144. The third kappa shape index (κ3) is 4.56. The number of ether oxygens (including phenoxy) is 1. The van der Waals surface area contributed by atoms with Gasteiger partial charge in [0, 0.05) is 11.3 Å². The van der Waals surface area contributed by atoms with Gasteiger partial charge in [-0.05, 0) is 29.9 Å².